The minimum atomic E-state index is -0.637. The van der Waals surface area contributed by atoms with Crippen molar-refractivity contribution in [3.05, 3.63) is 155 Å². The van der Waals surface area contributed by atoms with Gasteiger partial charge in [0.1, 0.15) is 0 Å². The molecule has 1 aliphatic rings. The van der Waals surface area contributed by atoms with E-state index in [1.54, 1.807) is 0 Å². The van der Waals surface area contributed by atoms with Crippen LogP contribution in [0.2, 0.25) is 0 Å². The van der Waals surface area contributed by atoms with Gasteiger partial charge in [-0.1, -0.05) is 135 Å². The Hall–Kier alpha value is -3.90. The molecule has 5 aromatic carbocycles. The van der Waals surface area contributed by atoms with Crippen LogP contribution in [0.25, 0.3) is 22.3 Å². The Bertz CT molecular complexity index is 1650. The van der Waals surface area contributed by atoms with Gasteiger partial charge in [-0.2, -0.15) is 0 Å². The molecule has 0 aromatic heterocycles. The molecule has 6 rings (SSSR count). The topological polar surface area (TPSA) is 0 Å². The minimum Gasteiger partial charge on any atom is -0.0622 e. The average Bonchev–Trinajstić information content (AvgIpc) is 3.26. The van der Waals surface area contributed by atoms with Crippen LogP contribution >= 0.6 is 0 Å². The highest BCUT2D eigenvalue weighted by Gasteiger charge is 2.46. The van der Waals surface area contributed by atoms with Crippen molar-refractivity contribution in [2.45, 2.75) is 25.2 Å². The number of benzene rings is 5. The molecule has 0 fully saturated rings. The van der Waals surface area contributed by atoms with E-state index >= 15 is 0 Å². The standard InChI is InChI=1S/C34H28/c1-24(2)26-18-20-30-31-21-19-27(25-12-6-3-7-13-25)23-33(31)34(32(30)22-26,28-14-8-4-9-15-28)29-16-10-5-11-17-29/h3-24H,1-2H3/i3D,6D,7D,12D,13D. The molecule has 0 nitrogen and oxygen atoms in total. The van der Waals surface area contributed by atoms with Crippen molar-refractivity contribution < 1.29 is 6.85 Å². The van der Waals surface area contributed by atoms with Crippen LogP contribution < -0.4 is 0 Å². The Morgan fingerprint density at radius 3 is 1.74 bits per heavy atom. The summed E-state index contributed by atoms with van der Waals surface area (Å²) in [6.45, 7) is 4.40. The monoisotopic (exact) mass is 441 g/mol. The summed E-state index contributed by atoms with van der Waals surface area (Å²) in [5, 5.41) is 0. The molecule has 0 radical (unpaired) electrons. The molecule has 0 spiro atoms. The highest BCUT2D eigenvalue weighted by Crippen LogP contribution is 2.57. The van der Waals surface area contributed by atoms with Gasteiger partial charge in [0.15, 0.2) is 0 Å². The first-order valence-corrected chi connectivity index (χ1v) is 11.7. The first-order chi connectivity index (χ1) is 18.8. The smallest absolute Gasteiger partial charge is 0.0622 e. The van der Waals surface area contributed by atoms with Gasteiger partial charge in [0.05, 0.1) is 12.3 Å². The Morgan fingerprint density at radius 1 is 0.588 bits per heavy atom. The van der Waals surface area contributed by atoms with E-state index in [1.165, 1.54) is 11.1 Å². The van der Waals surface area contributed by atoms with Crippen molar-refractivity contribution in [1.29, 1.82) is 0 Å². The molecule has 0 bridgehead atoms. The maximum absolute atomic E-state index is 8.63. The quantitative estimate of drug-likeness (QED) is 0.256. The predicted molar refractivity (Wildman–Crippen MR) is 143 cm³/mol. The molecule has 0 saturated carbocycles. The number of hydrogen-bond donors (Lipinski definition) is 0. The lowest BCUT2D eigenvalue weighted by Crippen LogP contribution is -2.28. The van der Waals surface area contributed by atoms with Crippen molar-refractivity contribution in [2.75, 3.05) is 0 Å². The number of hydrogen-bond acceptors (Lipinski definition) is 0. The lowest BCUT2D eigenvalue weighted by molar-refractivity contribution is 0.762. The average molecular weight is 442 g/mol. The summed E-state index contributed by atoms with van der Waals surface area (Å²) in [6, 6.07) is 32.2. The minimum absolute atomic E-state index is 0.191. The van der Waals surface area contributed by atoms with Crippen LogP contribution in [0.3, 0.4) is 0 Å². The lowest BCUT2D eigenvalue weighted by atomic mass is 9.67. The normalized spacial score (nSPS) is 15.6. The van der Waals surface area contributed by atoms with Crippen LogP contribution in [0.15, 0.2) is 127 Å². The van der Waals surface area contributed by atoms with Gasteiger partial charge in [-0.3, -0.25) is 0 Å². The van der Waals surface area contributed by atoms with Gasteiger partial charge in [0.2, 0.25) is 0 Å². The molecule has 0 heteroatoms. The van der Waals surface area contributed by atoms with E-state index in [2.05, 4.69) is 80.6 Å². The SMILES string of the molecule is [2H]c1c([2H])c([2H])c(-c2ccc3c(c2)C(c2ccccc2)(c2ccccc2)c2cc(C(C)C)ccc2-3)c([2H])c1[2H]. The van der Waals surface area contributed by atoms with Crippen LogP contribution in [0.4, 0.5) is 0 Å². The molecular formula is C34H28. The molecule has 0 aliphatic heterocycles. The van der Waals surface area contributed by atoms with Crippen LogP contribution in [-0.2, 0) is 5.41 Å². The van der Waals surface area contributed by atoms with Crippen molar-refractivity contribution in [3.63, 3.8) is 0 Å². The predicted octanol–water partition coefficient (Wildman–Crippen LogP) is 8.84. The van der Waals surface area contributed by atoms with Crippen LogP contribution in [-0.4, -0.2) is 0 Å². The van der Waals surface area contributed by atoms with Crippen molar-refractivity contribution in [2.24, 2.45) is 0 Å². The van der Waals surface area contributed by atoms with Crippen LogP contribution in [0, 0.1) is 0 Å². The maximum Gasteiger partial charge on any atom is 0.0713 e. The zero-order valence-electron chi connectivity index (χ0n) is 24.3. The Morgan fingerprint density at radius 2 is 1.15 bits per heavy atom. The summed E-state index contributed by atoms with van der Waals surface area (Å²) < 4.78 is 41.8. The molecule has 34 heavy (non-hydrogen) atoms. The van der Waals surface area contributed by atoms with Gasteiger partial charge in [-0.05, 0) is 62.1 Å². The van der Waals surface area contributed by atoms with Gasteiger partial charge in [-0.25, -0.2) is 0 Å². The fraction of sp³-hybridized carbons (Fsp3) is 0.118. The van der Waals surface area contributed by atoms with Gasteiger partial charge in [0, 0.05) is 0 Å². The molecule has 0 heterocycles. The molecular weight excluding hydrogens is 408 g/mol. The Labute approximate surface area is 209 Å². The molecule has 0 N–H and O–H groups in total. The zero-order chi connectivity index (χ0) is 27.5. The van der Waals surface area contributed by atoms with Gasteiger partial charge >= 0.3 is 0 Å². The molecule has 5 aromatic rings. The summed E-state index contributed by atoms with van der Waals surface area (Å²) in [4.78, 5) is 0. The summed E-state index contributed by atoms with van der Waals surface area (Å²) >= 11 is 0. The van der Waals surface area contributed by atoms with Gasteiger partial charge < -0.3 is 0 Å². The van der Waals surface area contributed by atoms with E-state index in [9.17, 15) is 0 Å². The molecule has 1 aliphatic carbocycles. The van der Waals surface area contributed by atoms with Crippen molar-refractivity contribution in [3.8, 4) is 22.3 Å². The largest absolute Gasteiger partial charge is 0.0713 e. The van der Waals surface area contributed by atoms with Gasteiger partial charge in [-0.15, -0.1) is 0 Å². The van der Waals surface area contributed by atoms with E-state index in [0.717, 1.165) is 27.8 Å². The summed E-state index contributed by atoms with van der Waals surface area (Å²) in [5.74, 6) is 0.352. The fourth-order valence-electron chi connectivity index (χ4n) is 5.42. The first-order valence-electron chi connectivity index (χ1n) is 14.2. The highest BCUT2D eigenvalue weighted by atomic mass is 14.5. The highest BCUT2D eigenvalue weighted by molar-refractivity contribution is 5.88. The van der Waals surface area contributed by atoms with E-state index in [-0.39, 0.29) is 35.8 Å². The Balaban J connectivity index is 1.75. The summed E-state index contributed by atoms with van der Waals surface area (Å²) in [7, 11) is 0. The number of rotatable bonds is 4. The molecule has 0 amide bonds. The van der Waals surface area contributed by atoms with Crippen LogP contribution in [0.5, 0.6) is 0 Å². The molecule has 0 saturated heterocycles. The molecule has 0 unspecified atom stereocenters. The van der Waals surface area contributed by atoms with Gasteiger partial charge in [0.25, 0.3) is 0 Å². The molecule has 0 atom stereocenters. The maximum atomic E-state index is 8.63. The second-order valence-electron chi connectivity index (χ2n) is 9.20. The van der Waals surface area contributed by atoms with Crippen molar-refractivity contribution >= 4 is 0 Å². The van der Waals surface area contributed by atoms with E-state index < -0.39 is 5.41 Å². The zero-order valence-corrected chi connectivity index (χ0v) is 19.3. The summed E-state index contributed by atoms with van der Waals surface area (Å²) in [6.07, 6.45) is 0. The lowest BCUT2D eigenvalue weighted by Gasteiger charge is -2.34. The summed E-state index contributed by atoms with van der Waals surface area (Å²) in [5.41, 5.74) is 8.16. The number of fused-ring (bicyclic) bond motifs is 3. The second-order valence-corrected chi connectivity index (χ2v) is 9.20. The third-order valence-corrected chi connectivity index (χ3v) is 7.03. The second kappa shape index (κ2) is 8.15. The van der Waals surface area contributed by atoms with E-state index in [4.69, 9.17) is 6.85 Å². The molecule has 164 valence electrons. The third kappa shape index (κ3) is 3.06. The first kappa shape index (κ1) is 15.9. The van der Waals surface area contributed by atoms with Crippen LogP contribution in [0.1, 0.15) is 54.4 Å². The van der Waals surface area contributed by atoms with Crippen molar-refractivity contribution in [1.82, 2.24) is 0 Å². The Kier molecular flexibility index (Phi) is 3.80. The van der Waals surface area contributed by atoms with E-state index in [1.807, 2.05) is 30.3 Å². The third-order valence-electron chi connectivity index (χ3n) is 7.03. The van der Waals surface area contributed by atoms with E-state index in [0.29, 0.717) is 11.5 Å². The fourth-order valence-corrected chi connectivity index (χ4v) is 5.42.